The van der Waals surface area contributed by atoms with Gasteiger partial charge in [0.1, 0.15) is 0 Å². The molecule has 0 fully saturated rings. The van der Waals surface area contributed by atoms with Gasteiger partial charge in [0, 0.05) is 0 Å². The molecular weight excluding hydrogens is 535 g/mol. The van der Waals surface area contributed by atoms with Crippen LogP contribution < -0.4 is 10.6 Å². The van der Waals surface area contributed by atoms with Crippen LogP contribution in [0.4, 0.5) is 0 Å². The van der Waals surface area contributed by atoms with Crippen molar-refractivity contribution in [3.63, 3.8) is 0 Å². The summed E-state index contributed by atoms with van der Waals surface area (Å²) in [5, 5.41) is 1.53. The number of unbranched alkanes of at least 4 members (excludes halogenated alkanes) is 20. The van der Waals surface area contributed by atoms with Crippen molar-refractivity contribution in [3.05, 3.63) is 60.7 Å². The van der Waals surface area contributed by atoms with E-state index in [1.54, 1.807) is 0 Å². The molecule has 0 unspecified atom stereocenters. The molecule has 42 heavy (non-hydrogen) atoms. The molecule has 2 rings (SSSR count). The van der Waals surface area contributed by atoms with E-state index in [9.17, 15) is 4.89 Å². The van der Waals surface area contributed by atoms with Gasteiger partial charge in [-0.25, -0.2) is 0 Å². The Kier molecular flexibility index (Phi) is 20.4. The van der Waals surface area contributed by atoms with Crippen LogP contribution in [0.15, 0.2) is 60.7 Å². The Morgan fingerprint density at radius 3 is 0.952 bits per heavy atom. The van der Waals surface area contributed by atoms with Gasteiger partial charge in [0.2, 0.25) is 0 Å². The summed E-state index contributed by atoms with van der Waals surface area (Å²) in [7, 11) is -4.25. The van der Waals surface area contributed by atoms with E-state index in [0.717, 1.165) is 36.3 Å². The molecule has 0 aliphatic heterocycles. The van der Waals surface area contributed by atoms with E-state index < -0.39 is 7.28 Å². The van der Waals surface area contributed by atoms with Crippen molar-refractivity contribution >= 4 is 17.9 Å². The van der Waals surface area contributed by atoms with Gasteiger partial charge in [-0.15, -0.1) is 0 Å². The predicted molar refractivity (Wildman–Crippen MR) is 186 cm³/mol. The van der Waals surface area contributed by atoms with Crippen molar-refractivity contribution in [2.24, 2.45) is 0 Å². The van der Waals surface area contributed by atoms with E-state index in [4.69, 9.17) is 9.05 Å². The van der Waals surface area contributed by atoms with Crippen LogP contribution in [0.5, 0.6) is 0 Å². The summed E-state index contributed by atoms with van der Waals surface area (Å²) >= 11 is 0. The standard InChI is InChI=1S/C38H65O3P/c1-3-5-7-9-11-13-15-17-19-21-29-35-40-42(39,37-31-25-23-26-32-37,38-33-27-24-28-34-38)41-36-30-22-20-18-16-14-12-10-8-6-4-2/h23-28,31-34,39H,3-22,29-30,35-36H2,1-2H3. The van der Waals surface area contributed by atoms with E-state index >= 15 is 0 Å². The van der Waals surface area contributed by atoms with Crippen molar-refractivity contribution in [2.75, 3.05) is 13.2 Å². The molecule has 1 N–H and O–H groups in total. The zero-order valence-corrected chi connectivity index (χ0v) is 28.3. The monoisotopic (exact) mass is 600 g/mol. The van der Waals surface area contributed by atoms with Crippen LogP contribution in [-0.2, 0) is 9.05 Å². The van der Waals surface area contributed by atoms with Crippen molar-refractivity contribution in [1.29, 1.82) is 0 Å². The van der Waals surface area contributed by atoms with Crippen molar-refractivity contribution < 1.29 is 13.9 Å². The quantitative estimate of drug-likeness (QED) is 0.0780. The van der Waals surface area contributed by atoms with E-state index in [0.29, 0.717) is 13.2 Å². The third-order valence-electron chi connectivity index (χ3n) is 8.58. The Labute approximate surface area is 260 Å². The molecule has 0 aliphatic rings. The molecule has 0 saturated heterocycles. The first-order chi connectivity index (χ1) is 20.6. The molecule has 2 aromatic rings. The summed E-state index contributed by atoms with van der Waals surface area (Å²) < 4.78 is 13.3. The third-order valence-corrected chi connectivity index (χ3v) is 12.3. The van der Waals surface area contributed by atoms with Crippen molar-refractivity contribution in [1.82, 2.24) is 0 Å². The molecule has 0 amide bonds. The molecule has 0 bridgehead atoms. The molecule has 0 radical (unpaired) electrons. The molecule has 0 heterocycles. The molecule has 240 valence electrons. The summed E-state index contributed by atoms with van der Waals surface area (Å²) in [4.78, 5) is 12.7. The second-order valence-electron chi connectivity index (χ2n) is 12.3. The zero-order chi connectivity index (χ0) is 30.1. The van der Waals surface area contributed by atoms with Gasteiger partial charge in [-0.2, -0.15) is 0 Å². The SMILES string of the molecule is CCCCCCCCCCCCCOP(O)(OCCCCCCCCCCCCC)(c1ccccc1)c1ccccc1. The third kappa shape index (κ3) is 14.0. The maximum atomic E-state index is 12.7. The summed E-state index contributed by atoms with van der Waals surface area (Å²) in [5.74, 6) is 0. The Morgan fingerprint density at radius 1 is 0.405 bits per heavy atom. The van der Waals surface area contributed by atoms with Gasteiger partial charge in [-0.05, 0) is 0 Å². The van der Waals surface area contributed by atoms with Gasteiger partial charge in [-0.1, -0.05) is 26.7 Å². The van der Waals surface area contributed by atoms with Gasteiger partial charge in [-0.3, -0.25) is 0 Å². The Morgan fingerprint density at radius 2 is 0.667 bits per heavy atom. The fraction of sp³-hybridized carbons (Fsp3) is 0.684. The van der Waals surface area contributed by atoms with Crippen LogP contribution in [0.25, 0.3) is 0 Å². The summed E-state index contributed by atoms with van der Waals surface area (Å²) in [6, 6.07) is 19.8. The summed E-state index contributed by atoms with van der Waals surface area (Å²) in [6.07, 6.45) is 28.3. The van der Waals surface area contributed by atoms with E-state index in [1.807, 2.05) is 60.7 Å². The van der Waals surface area contributed by atoms with Crippen LogP contribution in [-0.4, -0.2) is 18.1 Å². The molecule has 0 saturated carbocycles. The maximum absolute atomic E-state index is 12.7. The minimum absolute atomic E-state index is 0.507. The number of hydrogen-bond acceptors (Lipinski definition) is 3. The van der Waals surface area contributed by atoms with Crippen LogP contribution in [0.3, 0.4) is 0 Å². The first-order valence-electron chi connectivity index (χ1n) is 17.8. The van der Waals surface area contributed by atoms with E-state index in [-0.39, 0.29) is 0 Å². The molecule has 4 heteroatoms. The zero-order valence-electron chi connectivity index (χ0n) is 27.5. The molecule has 0 aromatic heterocycles. The molecule has 3 nitrogen and oxygen atoms in total. The minimum atomic E-state index is -4.25. The first kappa shape index (κ1) is 36.9. The van der Waals surface area contributed by atoms with Gasteiger partial charge in [0.25, 0.3) is 0 Å². The topological polar surface area (TPSA) is 38.7 Å². The Bertz CT molecular complexity index is 801. The van der Waals surface area contributed by atoms with Gasteiger partial charge >= 0.3 is 234 Å². The van der Waals surface area contributed by atoms with Crippen molar-refractivity contribution in [3.8, 4) is 0 Å². The second kappa shape index (κ2) is 23.2. The molecule has 0 spiro atoms. The van der Waals surface area contributed by atoms with Crippen LogP contribution in [0.2, 0.25) is 0 Å². The molecule has 0 atom stereocenters. The van der Waals surface area contributed by atoms with Crippen LogP contribution in [0.1, 0.15) is 155 Å². The molecule has 0 aliphatic carbocycles. The Hall–Kier alpha value is -1.25. The number of hydrogen-bond donors (Lipinski definition) is 1. The number of benzene rings is 2. The fourth-order valence-corrected chi connectivity index (χ4v) is 9.17. The predicted octanol–water partition coefficient (Wildman–Crippen LogP) is 11.6. The van der Waals surface area contributed by atoms with Crippen LogP contribution >= 0.6 is 7.28 Å². The van der Waals surface area contributed by atoms with E-state index in [1.165, 1.54) is 116 Å². The Balaban J connectivity index is 1.86. The molecular formula is C38H65O3P. The second-order valence-corrected chi connectivity index (χ2v) is 15.7. The average molecular weight is 601 g/mol. The van der Waals surface area contributed by atoms with Gasteiger partial charge < -0.3 is 0 Å². The van der Waals surface area contributed by atoms with Crippen molar-refractivity contribution in [2.45, 2.75) is 155 Å². The fourth-order valence-electron chi connectivity index (χ4n) is 5.87. The van der Waals surface area contributed by atoms with Crippen LogP contribution in [0, 0.1) is 0 Å². The van der Waals surface area contributed by atoms with E-state index in [2.05, 4.69) is 13.8 Å². The summed E-state index contributed by atoms with van der Waals surface area (Å²) in [5.41, 5.74) is 0. The van der Waals surface area contributed by atoms with Gasteiger partial charge in [0.05, 0.1) is 0 Å². The van der Waals surface area contributed by atoms with Gasteiger partial charge in [0.15, 0.2) is 0 Å². The average Bonchev–Trinajstić information content (AvgIpc) is 3.03. The molecule has 2 aromatic carbocycles. The summed E-state index contributed by atoms with van der Waals surface area (Å²) in [6.45, 7) is 5.57. The normalized spacial score (nSPS) is 12.8. The first-order valence-corrected chi connectivity index (χ1v) is 19.9. The number of rotatable bonds is 28.